The Morgan fingerprint density at radius 3 is 2.52 bits per heavy atom. The van der Waals surface area contributed by atoms with E-state index in [4.69, 9.17) is 14.3 Å². The Hall–Kier alpha value is -2.31. The number of aromatic carboxylic acids is 1. The summed E-state index contributed by atoms with van der Waals surface area (Å²) in [7, 11) is 0. The van der Waals surface area contributed by atoms with Crippen LogP contribution < -0.4 is 4.90 Å². The largest absolute Gasteiger partial charge is 0.475 e. The van der Waals surface area contributed by atoms with Gasteiger partial charge in [-0.3, -0.25) is 0 Å². The molecule has 0 bridgehead atoms. The summed E-state index contributed by atoms with van der Waals surface area (Å²) in [5.41, 5.74) is -0.215. The van der Waals surface area contributed by atoms with E-state index in [9.17, 15) is 9.59 Å². The van der Waals surface area contributed by atoms with Gasteiger partial charge in [0, 0.05) is 18.7 Å². The van der Waals surface area contributed by atoms with Gasteiger partial charge in [0.1, 0.15) is 5.60 Å². The Balaban J connectivity index is 2.67. The second-order valence-electron chi connectivity index (χ2n) is 6.15. The Morgan fingerprint density at radius 2 is 2.04 bits per heavy atom. The van der Waals surface area contributed by atoms with Crippen LogP contribution in [0.2, 0.25) is 0 Å². The van der Waals surface area contributed by atoms with Gasteiger partial charge in [-0.05, 0) is 33.6 Å². The molecular weight excluding hydrogens is 300 g/mol. The highest BCUT2D eigenvalue weighted by Gasteiger charge is 2.20. The minimum atomic E-state index is -1.17. The Kier molecular flexibility index (Phi) is 6.36. The molecule has 7 nitrogen and oxygen atoms in total. The summed E-state index contributed by atoms with van der Waals surface area (Å²) < 4.78 is 10.5. The average Bonchev–Trinajstić information content (AvgIpc) is 2.90. The molecule has 1 aromatic heterocycles. The van der Waals surface area contributed by atoms with Crippen molar-refractivity contribution < 1.29 is 23.8 Å². The summed E-state index contributed by atoms with van der Waals surface area (Å²) in [6.45, 7) is 12.2. The van der Waals surface area contributed by atoms with Crippen molar-refractivity contribution in [1.29, 1.82) is 0 Å². The number of ether oxygens (including phenoxy) is 1. The third-order valence-corrected chi connectivity index (χ3v) is 2.84. The summed E-state index contributed by atoms with van der Waals surface area (Å²) in [4.78, 5) is 28.5. The van der Waals surface area contributed by atoms with Gasteiger partial charge in [0.2, 0.25) is 5.76 Å². The van der Waals surface area contributed by atoms with Gasteiger partial charge >= 0.3 is 11.9 Å². The summed E-state index contributed by atoms with van der Waals surface area (Å²) in [5.74, 6) is -1.82. The molecule has 1 N–H and O–H groups in total. The molecule has 7 heteroatoms. The first-order valence-corrected chi connectivity index (χ1v) is 7.49. The summed E-state index contributed by atoms with van der Waals surface area (Å²) in [5, 5.41) is 8.88. The lowest BCUT2D eigenvalue weighted by molar-refractivity contribution is -0.150. The number of hydrogen-bond donors (Lipinski definition) is 1. The standard InChI is InChI=1S/C16H24N2O5/c1-6-8-18(15-17-10-12(22-15)13(19)20)9-7-11(2)14(21)23-16(3,4)5/h10H,2,6-9H2,1,3-5H3,(H,19,20). The van der Waals surface area contributed by atoms with Gasteiger partial charge in [-0.15, -0.1) is 0 Å². The van der Waals surface area contributed by atoms with Crippen molar-refractivity contribution in [2.45, 2.75) is 46.1 Å². The van der Waals surface area contributed by atoms with E-state index in [1.807, 2.05) is 6.92 Å². The van der Waals surface area contributed by atoms with Crippen LogP contribution in [0.1, 0.15) is 51.1 Å². The first kappa shape index (κ1) is 18.7. The van der Waals surface area contributed by atoms with Crippen LogP contribution in [0.15, 0.2) is 22.8 Å². The Labute approximate surface area is 135 Å². The van der Waals surface area contributed by atoms with Gasteiger partial charge in [-0.1, -0.05) is 13.5 Å². The van der Waals surface area contributed by atoms with Gasteiger partial charge in [-0.2, -0.15) is 0 Å². The van der Waals surface area contributed by atoms with E-state index in [1.54, 1.807) is 25.7 Å². The van der Waals surface area contributed by atoms with Crippen LogP contribution in [0.3, 0.4) is 0 Å². The third-order valence-electron chi connectivity index (χ3n) is 2.84. The monoisotopic (exact) mass is 324 g/mol. The van der Waals surface area contributed by atoms with Crippen molar-refractivity contribution >= 4 is 18.0 Å². The number of esters is 1. The molecule has 0 amide bonds. The fourth-order valence-electron chi connectivity index (χ4n) is 1.81. The normalized spacial score (nSPS) is 11.1. The van der Waals surface area contributed by atoms with Gasteiger partial charge in [0.05, 0.1) is 6.20 Å². The molecular formula is C16H24N2O5. The number of carbonyl (C=O) groups is 2. The average molecular weight is 324 g/mol. The number of oxazole rings is 1. The van der Waals surface area contributed by atoms with E-state index in [-0.39, 0.29) is 11.8 Å². The smallest absolute Gasteiger partial charge is 0.373 e. The van der Waals surface area contributed by atoms with Crippen molar-refractivity contribution in [2.24, 2.45) is 0 Å². The third kappa shape index (κ3) is 6.14. The van der Waals surface area contributed by atoms with Crippen molar-refractivity contribution in [3.63, 3.8) is 0 Å². The van der Waals surface area contributed by atoms with Crippen LogP contribution in [0.5, 0.6) is 0 Å². The predicted octanol–water partition coefficient (Wildman–Crippen LogP) is 2.88. The fraction of sp³-hybridized carbons (Fsp3) is 0.562. The quantitative estimate of drug-likeness (QED) is 0.580. The van der Waals surface area contributed by atoms with Crippen LogP contribution >= 0.6 is 0 Å². The van der Waals surface area contributed by atoms with Gasteiger partial charge in [0.25, 0.3) is 6.01 Å². The van der Waals surface area contributed by atoms with Crippen LogP contribution in [0.4, 0.5) is 6.01 Å². The topological polar surface area (TPSA) is 92.9 Å². The fourth-order valence-corrected chi connectivity index (χ4v) is 1.81. The number of carboxylic acids is 1. The molecule has 0 saturated carbocycles. The molecule has 0 spiro atoms. The maximum Gasteiger partial charge on any atom is 0.373 e. The highest BCUT2D eigenvalue weighted by molar-refractivity contribution is 5.88. The lowest BCUT2D eigenvalue weighted by Gasteiger charge is -2.22. The van der Waals surface area contributed by atoms with E-state index in [0.717, 1.165) is 6.42 Å². The molecule has 1 rings (SSSR count). The van der Waals surface area contributed by atoms with E-state index in [2.05, 4.69) is 11.6 Å². The second-order valence-corrected chi connectivity index (χ2v) is 6.15. The predicted molar refractivity (Wildman–Crippen MR) is 85.6 cm³/mol. The van der Waals surface area contributed by atoms with E-state index < -0.39 is 17.5 Å². The number of carboxylic acid groups (broad SMARTS) is 1. The molecule has 0 aliphatic carbocycles. The van der Waals surface area contributed by atoms with Gasteiger partial charge < -0.3 is 19.2 Å². The zero-order chi connectivity index (χ0) is 17.6. The molecule has 0 atom stereocenters. The minimum Gasteiger partial charge on any atom is -0.475 e. The molecule has 0 aromatic carbocycles. The molecule has 0 fully saturated rings. The molecule has 0 radical (unpaired) electrons. The maximum absolute atomic E-state index is 11.9. The lowest BCUT2D eigenvalue weighted by Crippen LogP contribution is -2.28. The molecule has 0 aliphatic heterocycles. The minimum absolute atomic E-state index is 0.216. The molecule has 1 heterocycles. The molecule has 23 heavy (non-hydrogen) atoms. The van der Waals surface area contributed by atoms with Crippen molar-refractivity contribution in [2.75, 3.05) is 18.0 Å². The van der Waals surface area contributed by atoms with Gasteiger partial charge in [-0.25, -0.2) is 14.6 Å². The highest BCUT2D eigenvalue weighted by Crippen LogP contribution is 2.18. The molecule has 0 aliphatic rings. The summed E-state index contributed by atoms with van der Waals surface area (Å²) in [6.07, 6.45) is 2.37. The highest BCUT2D eigenvalue weighted by atomic mass is 16.6. The number of anilines is 1. The summed E-state index contributed by atoms with van der Waals surface area (Å²) >= 11 is 0. The zero-order valence-electron chi connectivity index (χ0n) is 14.1. The van der Waals surface area contributed by atoms with Crippen LogP contribution in [0, 0.1) is 0 Å². The second kappa shape index (κ2) is 7.80. The molecule has 1 aromatic rings. The van der Waals surface area contributed by atoms with E-state index in [0.29, 0.717) is 25.1 Å². The molecule has 128 valence electrons. The first-order chi connectivity index (χ1) is 10.6. The van der Waals surface area contributed by atoms with E-state index >= 15 is 0 Å². The van der Waals surface area contributed by atoms with Crippen molar-refractivity contribution in [1.82, 2.24) is 4.98 Å². The van der Waals surface area contributed by atoms with Crippen LogP contribution in [-0.4, -0.2) is 40.7 Å². The van der Waals surface area contributed by atoms with Gasteiger partial charge in [0.15, 0.2) is 0 Å². The maximum atomic E-state index is 11.9. The Morgan fingerprint density at radius 1 is 1.39 bits per heavy atom. The van der Waals surface area contributed by atoms with Crippen LogP contribution in [0.25, 0.3) is 0 Å². The van der Waals surface area contributed by atoms with Crippen LogP contribution in [-0.2, 0) is 9.53 Å². The number of rotatable bonds is 8. The SMILES string of the molecule is C=C(CCN(CCC)c1ncc(C(=O)O)o1)C(=O)OC(C)(C)C. The number of hydrogen-bond acceptors (Lipinski definition) is 6. The zero-order valence-corrected chi connectivity index (χ0v) is 14.1. The lowest BCUT2D eigenvalue weighted by atomic mass is 10.1. The summed E-state index contributed by atoms with van der Waals surface area (Å²) in [6, 6.07) is 0.223. The Bertz CT molecular complexity index is 571. The molecule has 0 saturated heterocycles. The molecule has 0 unspecified atom stereocenters. The number of aromatic nitrogens is 1. The number of carbonyl (C=O) groups excluding carboxylic acids is 1. The van der Waals surface area contributed by atoms with Crippen molar-refractivity contribution in [3.8, 4) is 0 Å². The first-order valence-electron chi connectivity index (χ1n) is 7.49. The van der Waals surface area contributed by atoms with Crippen molar-refractivity contribution in [3.05, 3.63) is 24.1 Å². The van der Waals surface area contributed by atoms with E-state index in [1.165, 1.54) is 6.20 Å². The number of nitrogens with zero attached hydrogens (tertiary/aromatic N) is 2.